The van der Waals surface area contributed by atoms with Gasteiger partial charge in [0, 0.05) is 36.9 Å². The van der Waals surface area contributed by atoms with Crippen molar-refractivity contribution in [1.29, 1.82) is 0 Å². The molecule has 20 heavy (non-hydrogen) atoms. The summed E-state index contributed by atoms with van der Waals surface area (Å²) in [7, 11) is 1.78. The Morgan fingerprint density at radius 3 is 2.70 bits per heavy atom. The molecule has 0 saturated carbocycles. The predicted molar refractivity (Wildman–Crippen MR) is 87.6 cm³/mol. The average Bonchev–Trinajstić information content (AvgIpc) is 2.47. The van der Waals surface area contributed by atoms with Gasteiger partial charge in [0.1, 0.15) is 0 Å². The summed E-state index contributed by atoms with van der Waals surface area (Å²) in [6.45, 7) is 7.29. The molecule has 0 radical (unpaired) electrons. The maximum Gasteiger partial charge on any atom is 0.191 e. The molecular formula is C15H25N3OS. The number of hydrogen-bond acceptors (Lipinski definition) is 3. The zero-order valence-corrected chi connectivity index (χ0v) is 13.4. The quantitative estimate of drug-likeness (QED) is 0.334. The molecule has 1 aromatic carbocycles. The molecule has 1 unspecified atom stereocenters. The Labute approximate surface area is 126 Å². The highest BCUT2D eigenvalue weighted by molar-refractivity contribution is 8.00. The summed E-state index contributed by atoms with van der Waals surface area (Å²) in [6.07, 6.45) is 0. The van der Waals surface area contributed by atoms with E-state index in [2.05, 4.69) is 46.8 Å². The molecule has 2 N–H and O–H groups in total. The second-order valence-electron chi connectivity index (χ2n) is 4.32. The van der Waals surface area contributed by atoms with Gasteiger partial charge in [0.05, 0.1) is 6.61 Å². The third kappa shape index (κ3) is 7.40. The highest BCUT2D eigenvalue weighted by Crippen LogP contribution is 2.21. The SMILES string of the molecule is CCOCCNC(=NC)NCC(C)Sc1ccccc1. The van der Waals surface area contributed by atoms with Crippen LogP contribution in [0.15, 0.2) is 40.2 Å². The first-order valence-electron chi connectivity index (χ1n) is 7.00. The van der Waals surface area contributed by atoms with Crippen LogP contribution in [0.3, 0.4) is 0 Å². The molecule has 0 saturated heterocycles. The first-order valence-corrected chi connectivity index (χ1v) is 7.88. The van der Waals surface area contributed by atoms with Crippen LogP contribution in [0.25, 0.3) is 0 Å². The highest BCUT2D eigenvalue weighted by atomic mass is 32.2. The molecule has 1 aromatic rings. The molecule has 112 valence electrons. The van der Waals surface area contributed by atoms with E-state index in [4.69, 9.17) is 4.74 Å². The largest absolute Gasteiger partial charge is 0.380 e. The number of rotatable bonds is 8. The van der Waals surface area contributed by atoms with Crippen LogP contribution in [0.5, 0.6) is 0 Å². The van der Waals surface area contributed by atoms with Gasteiger partial charge in [-0.25, -0.2) is 0 Å². The Morgan fingerprint density at radius 1 is 1.30 bits per heavy atom. The molecule has 0 aliphatic heterocycles. The van der Waals surface area contributed by atoms with Crippen LogP contribution in [0.4, 0.5) is 0 Å². The van der Waals surface area contributed by atoms with Gasteiger partial charge in [0.2, 0.25) is 0 Å². The number of guanidine groups is 1. The van der Waals surface area contributed by atoms with E-state index in [1.54, 1.807) is 7.05 Å². The van der Waals surface area contributed by atoms with E-state index in [-0.39, 0.29) is 0 Å². The first-order chi connectivity index (χ1) is 9.76. The number of benzene rings is 1. The third-order valence-corrected chi connectivity index (χ3v) is 3.72. The van der Waals surface area contributed by atoms with Crippen molar-refractivity contribution in [2.24, 2.45) is 4.99 Å². The van der Waals surface area contributed by atoms with Crippen molar-refractivity contribution in [1.82, 2.24) is 10.6 Å². The highest BCUT2D eigenvalue weighted by Gasteiger charge is 2.05. The lowest BCUT2D eigenvalue weighted by atomic mass is 10.4. The number of nitrogens with zero attached hydrogens (tertiary/aromatic N) is 1. The summed E-state index contributed by atoms with van der Waals surface area (Å²) >= 11 is 1.86. The number of hydrogen-bond donors (Lipinski definition) is 2. The second-order valence-corrected chi connectivity index (χ2v) is 5.83. The maximum atomic E-state index is 5.28. The fraction of sp³-hybridized carbons (Fsp3) is 0.533. The minimum Gasteiger partial charge on any atom is -0.380 e. The summed E-state index contributed by atoms with van der Waals surface area (Å²) in [5.41, 5.74) is 0. The van der Waals surface area contributed by atoms with Crippen LogP contribution < -0.4 is 10.6 Å². The number of nitrogens with one attached hydrogen (secondary N) is 2. The molecule has 0 spiro atoms. The van der Waals surface area contributed by atoms with Crippen molar-refractivity contribution in [2.45, 2.75) is 24.0 Å². The van der Waals surface area contributed by atoms with Crippen LogP contribution >= 0.6 is 11.8 Å². The summed E-state index contributed by atoms with van der Waals surface area (Å²) in [5.74, 6) is 0.824. The van der Waals surface area contributed by atoms with Gasteiger partial charge in [-0.3, -0.25) is 4.99 Å². The van der Waals surface area contributed by atoms with Crippen molar-refractivity contribution in [3.8, 4) is 0 Å². The number of thioether (sulfide) groups is 1. The van der Waals surface area contributed by atoms with Crippen molar-refractivity contribution >= 4 is 17.7 Å². The lowest BCUT2D eigenvalue weighted by molar-refractivity contribution is 0.152. The average molecular weight is 295 g/mol. The molecule has 0 aliphatic rings. The van der Waals surface area contributed by atoms with Gasteiger partial charge in [-0.15, -0.1) is 11.8 Å². The second kappa shape index (κ2) is 10.6. The van der Waals surface area contributed by atoms with Crippen LogP contribution in [0, 0.1) is 0 Å². The molecule has 0 heterocycles. The van der Waals surface area contributed by atoms with E-state index < -0.39 is 0 Å². The van der Waals surface area contributed by atoms with Crippen molar-refractivity contribution in [2.75, 3.05) is 33.4 Å². The summed E-state index contributed by atoms with van der Waals surface area (Å²) in [6, 6.07) is 10.4. The van der Waals surface area contributed by atoms with E-state index >= 15 is 0 Å². The maximum absolute atomic E-state index is 5.28. The molecule has 1 rings (SSSR count). The topological polar surface area (TPSA) is 45.6 Å². The molecular weight excluding hydrogens is 270 g/mol. The van der Waals surface area contributed by atoms with Gasteiger partial charge in [0.15, 0.2) is 5.96 Å². The Hall–Kier alpha value is -1.20. The van der Waals surface area contributed by atoms with Crippen molar-refractivity contribution in [3.63, 3.8) is 0 Å². The van der Waals surface area contributed by atoms with E-state index in [0.717, 1.165) is 25.7 Å². The van der Waals surface area contributed by atoms with Gasteiger partial charge >= 0.3 is 0 Å². The lowest BCUT2D eigenvalue weighted by Crippen LogP contribution is -2.41. The van der Waals surface area contributed by atoms with Gasteiger partial charge < -0.3 is 15.4 Å². The van der Waals surface area contributed by atoms with E-state index in [9.17, 15) is 0 Å². The van der Waals surface area contributed by atoms with E-state index in [1.165, 1.54) is 4.90 Å². The zero-order chi connectivity index (χ0) is 14.6. The first kappa shape index (κ1) is 16.9. The molecule has 0 aromatic heterocycles. The fourth-order valence-corrected chi connectivity index (χ4v) is 2.57. The molecule has 0 aliphatic carbocycles. The Bertz CT molecular complexity index is 384. The number of aliphatic imine (C=N–C) groups is 1. The molecule has 0 amide bonds. The van der Waals surface area contributed by atoms with Crippen LogP contribution in [-0.4, -0.2) is 44.6 Å². The van der Waals surface area contributed by atoms with E-state index in [0.29, 0.717) is 11.9 Å². The summed E-state index contributed by atoms with van der Waals surface area (Å²) in [4.78, 5) is 5.49. The van der Waals surface area contributed by atoms with Crippen LogP contribution in [0.1, 0.15) is 13.8 Å². The molecule has 5 heteroatoms. The number of ether oxygens (including phenoxy) is 1. The Balaban J connectivity index is 2.23. The minimum atomic E-state index is 0.475. The van der Waals surface area contributed by atoms with Gasteiger partial charge in [-0.05, 0) is 19.1 Å². The van der Waals surface area contributed by atoms with Crippen molar-refractivity contribution < 1.29 is 4.74 Å². The van der Waals surface area contributed by atoms with Crippen LogP contribution in [0.2, 0.25) is 0 Å². The van der Waals surface area contributed by atoms with Crippen LogP contribution in [-0.2, 0) is 4.74 Å². The standard InChI is InChI=1S/C15H25N3OS/c1-4-19-11-10-17-15(16-3)18-12-13(2)20-14-8-6-5-7-9-14/h5-9,13H,4,10-12H2,1-3H3,(H2,16,17,18). The molecule has 4 nitrogen and oxygen atoms in total. The minimum absolute atomic E-state index is 0.475. The fourth-order valence-electron chi connectivity index (χ4n) is 1.62. The Kier molecular flexibility index (Phi) is 8.91. The molecule has 0 bridgehead atoms. The summed E-state index contributed by atoms with van der Waals surface area (Å²) < 4.78 is 5.28. The smallest absolute Gasteiger partial charge is 0.191 e. The summed E-state index contributed by atoms with van der Waals surface area (Å²) in [5, 5.41) is 7.03. The molecule has 1 atom stereocenters. The van der Waals surface area contributed by atoms with Gasteiger partial charge in [-0.1, -0.05) is 25.1 Å². The van der Waals surface area contributed by atoms with Crippen molar-refractivity contribution in [3.05, 3.63) is 30.3 Å². The Morgan fingerprint density at radius 2 is 2.05 bits per heavy atom. The van der Waals surface area contributed by atoms with Gasteiger partial charge in [0.25, 0.3) is 0 Å². The lowest BCUT2D eigenvalue weighted by Gasteiger charge is -2.15. The third-order valence-electron chi connectivity index (χ3n) is 2.60. The van der Waals surface area contributed by atoms with Gasteiger partial charge in [-0.2, -0.15) is 0 Å². The molecule has 0 fully saturated rings. The monoisotopic (exact) mass is 295 g/mol. The zero-order valence-electron chi connectivity index (χ0n) is 12.6. The normalized spacial score (nSPS) is 13.1. The predicted octanol–water partition coefficient (Wildman–Crippen LogP) is 2.37. The van der Waals surface area contributed by atoms with E-state index in [1.807, 2.05) is 24.8 Å².